The molecule has 3 N–H and O–H groups in total. The molecule has 0 heterocycles. The number of nitrogens with two attached hydrogens (primary N) is 1. The fourth-order valence-corrected chi connectivity index (χ4v) is 1.41. The van der Waals surface area contributed by atoms with Gasteiger partial charge in [0.1, 0.15) is 5.60 Å². The minimum absolute atomic E-state index is 0.0286. The Balaban J connectivity index is 5.16. The van der Waals surface area contributed by atoms with Crippen molar-refractivity contribution in [2.75, 3.05) is 14.2 Å². The molecule has 8 heteroatoms. The highest BCUT2D eigenvalue weighted by Gasteiger charge is 2.27. The third-order valence-electron chi connectivity index (χ3n) is 2.45. The largest absolute Gasteiger partial charge is 0.481 e. The maximum absolute atomic E-state index is 12.2. The van der Waals surface area contributed by atoms with Crippen LogP contribution in [0.15, 0.2) is 22.4 Å². The van der Waals surface area contributed by atoms with E-state index in [9.17, 15) is 4.79 Å². The summed E-state index contributed by atoms with van der Waals surface area (Å²) in [5.74, 6) is -0.440. The molecule has 0 radical (unpaired) electrons. The lowest BCUT2D eigenvalue weighted by Crippen LogP contribution is -2.41. The molecule has 0 saturated carbocycles. The molecule has 0 aromatic rings. The third-order valence-corrected chi connectivity index (χ3v) is 2.45. The standard InChI is InChI=1S/C15H28N4O4/c1-9(2)11(12(20)23-15(4,5)6)18-13(16)19-14(22-8)17-10(3)21-7/h9,11H,3H2,1-2,4-8H3,(H3,16,17,18,19)/t11-/m0/s1. The van der Waals surface area contributed by atoms with Crippen LogP contribution in [0.25, 0.3) is 0 Å². The predicted octanol–water partition coefficient (Wildman–Crippen LogP) is 1.38. The van der Waals surface area contributed by atoms with Crippen LogP contribution in [0.5, 0.6) is 0 Å². The van der Waals surface area contributed by atoms with Crippen LogP contribution in [0, 0.1) is 5.92 Å². The van der Waals surface area contributed by atoms with Gasteiger partial charge in [0.15, 0.2) is 12.0 Å². The average Bonchev–Trinajstić information content (AvgIpc) is 2.41. The molecule has 0 fully saturated rings. The highest BCUT2D eigenvalue weighted by Crippen LogP contribution is 2.14. The lowest BCUT2D eigenvalue weighted by Gasteiger charge is -2.24. The van der Waals surface area contributed by atoms with Crippen LogP contribution in [-0.4, -0.2) is 43.8 Å². The second-order valence-corrected chi connectivity index (χ2v) is 6.08. The van der Waals surface area contributed by atoms with Crippen molar-refractivity contribution in [1.29, 1.82) is 0 Å². The van der Waals surface area contributed by atoms with E-state index in [2.05, 4.69) is 21.9 Å². The quantitative estimate of drug-likeness (QED) is 0.342. The zero-order valence-corrected chi connectivity index (χ0v) is 15.0. The van der Waals surface area contributed by atoms with Gasteiger partial charge in [-0.2, -0.15) is 4.99 Å². The number of esters is 1. The minimum atomic E-state index is -0.745. The Labute approximate surface area is 137 Å². The van der Waals surface area contributed by atoms with Crippen LogP contribution in [0.2, 0.25) is 0 Å². The summed E-state index contributed by atoms with van der Waals surface area (Å²) in [5, 5.41) is 2.64. The van der Waals surface area contributed by atoms with Crippen LogP contribution >= 0.6 is 0 Å². The summed E-state index contributed by atoms with van der Waals surface area (Å²) in [5.41, 5.74) is 5.21. The molecule has 0 rings (SSSR count). The van der Waals surface area contributed by atoms with Crippen molar-refractivity contribution in [2.24, 2.45) is 21.6 Å². The molecule has 0 unspecified atom stereocenters. The Morgan fingerprint density at radius 3 is 2.17 bits per heavy atom. The van der Waals surface area contributed by atoms with Crippen LogP contribution in [0.1, 0.15) is 34.6 Å². The van der Waals surface area contributed by atoms with E-state index >= 15 is 0 Å². The highest BCUT2D eigenvalue weighted by atomic mass is 16.6. The van der Waals surface area contributed by atoms with E-state index < -0.39 is 17.6 Å². The van der Waals surface area contributed by atoms with Gasteiger partial charge in [-0.3, -0.25) is 5.32 Å². The minimum Gasteiger partial charge on any atom is -0.481 e. The Kier molecular flexibility index (Phi) is 8.13. The average molecular weight is 328 g/mol. The van der Waals surface area contributed by atoms with Crippen molar-refractivity contribution in [1.82, 2.24) is 5.32 Å². The number of methoxy groups -OCH3 is 2. The van der Waals surface area contributed by atoms with E-state index in [1.165, 1.54) is 14.2 Å². The molecule has 8 nitrogen and oxygen atoms in total. The summed E-state index contributed by atoms with van der Waals surface area (Å²) in [4.78, 5) is 20.3. The van der Waals surface area contributed by atoms with Crippen molar-refractivity contribution in [3.05, 3.63) is 12.5 Å². The molecule has 1 atom stereocenters. The number of nitrogens with one attached hydrogen (secondary N) is 1. The number of hydrogen-bond donors (Lipinski definition) is 2. The van der Waals surface area contributed by atoms with Gasteiger partial charge in [-0.25, -0.2) is 9.79 Å². The number of carbonyl (C=O) groups is 1. The number of amidine groups is 1. The molecular weight excluding hydrogens is 300 g/mol. The predicted molar refractivity (Wildman–Crippen MR) is 89.8 cm³/mol. The molecule has 0 amide bonds. The Morgan fingerprint density at radius 2 is 1.78 bits per heavy atom. The lowest BCUT2D eigenvalue weighted by molar-refractivity contribution is -0.157. The zero-order valence-electron chi connectivity index (χ0n) is 15.0. The number of hydrogen-bond acceptors (Lipinski definition) is 6. The number of nitrogens with zero attached hydrogens (tertiary/aromatic N) is 2. The maximum atomic E-state index is 12.2. The van der Waals surface area contributed by atoms with Crippen LogP contribution in [0.4, 0.5) is 0 Å². The summed E-state index contributed by atoms with van der Waals surface area (Å²) >= 11 is 0. The van der Waals surface area contributed by atoms with Crippen molar-refractivity contribution in [3.63, 3.8) is 0 Å². The molecule has 0 aliphatic rings. The van der Waals surface area contributed by atoms with Gasteiger partial charge in [-0.1, -0.05) is 13.8 Å². The first kappa shape index (κ1) is 20.8. The summed E-state index contributed by atoms with van der Waals surface area (Å²) in [6.07, 6.45) is 0. The Morgan fingerprint density at radius 1 is 1.22 bits per heavy atom. The Hall–Kier alpha value is -2.25. The number of rotatable bonds is 5. The normalized spacial score (nSPS) is 14.3. The second kappa shape index (κ2) is 9.02. The monoisotopic (exact) mass is 328 g/mol. The number of carbonyl (C=O) groups excluding carboxylic acids is 1. The van der Waals surface area contributed by atoms with E-state index in [1.54, 1.807) is 20.8 Å². The molecule has 0 aromatic heterocycles. The van der Waals surface area contributed by atoms with Crippen LogP contribution < -0.4 is 11.1 Å². The molecule has 0 bridgehead atoms. The molecule has 0 spiro atoms. The molecule has 23 heavy (non-hydrogen) atoms. The second-order valence-electron chi connectivity index (χ2n) is 6.08. The van der Waals surface area contributed by atoms with E-state index in [0.717, 1.165) is 0 Å². The molecule has 0 aliphatic heterocycles. The molecule has 0 aromatic carbocycles. The van der Waals surface area contributed by atoms with Crippen LogP contribution in [-0.2, 0) is 19.0 Å². The van der Waals surface area contributed by atoms with Crippen molar-refractivity contribution in [3.8, 4) is 0 Å². The first-order valence-corrected chi connectivity index (χ1v) is 7.19. The topological polar surface area (TPSA) is 108 Å². The highest BCUT2D eigenvalue weighted by molar-refractivity contribution is 5.96. The van der Waals surface area contributed by atoms with Gasteiger partial charge in [0, 0.05) is 0 Å². The van der Waals surface area contributed by atoms with E-state index in [-0.39, 0.29) is 23.8 Å². The Bertz CT molecular complexity index is 478. The summed E-state index contributed by atoms with van der Waals surface area (Å²) < 4.78 is 15.2. The zero-order chi connectivity index (χ0) is 18.2. The molecular formula is C15H28N4O4. The number of ether oxygens (including phenoxy) is 3. The summed E-state index contributed by atoms with van der Waals surface area (Å²) in [6.45, 7) is 12.6. The number of guanidine groups is 1. The summed E-state index contributed by atoms with van der Waals surface area (Å²) in [7, 11) is 2.82. The fraction of sp³-hybridized carbons (Fsp3) is 0.667. The first-order chi connectivity index (χ1) is 10.5. The lowest BCUT2D eigenvalue weighted by atomic mass is 10.1. The van der Waals surface area contributed by atoms with Gasteiger partial charge >= 0.3 is 5.97 Å². The SMILES string of the molecule is C=C(N=C(NC(N)=N[C@H](C(=O)OC(C)(C)C)C(C)C)OC)OC. The smallest absolute Gasteiger partial charge is 0.331 e. The molecule has 0 aliphatic carbocycles. The third kappa shape index (κ3) is 8.70. The van der Waals surface area contributed by atoms with Gasteiger partial charge in [-0.05, 0) is 33.3 Å². The van der Waals surface area contributed by atoms with Gasteiger partial charge in [-0.15, -0.1) is 0 Å². The van der Waals surface area contributed by atoms with E-state index in [4.69, 9.17) is 19.9 Å². The van der Waals surface area contributed by atoms with E-state index in [0.29, 0.717) is 0 Å². The fourth-order valence-electron chi connectivity index (χ4n) is 1.41. The van der Waals surface area contributed by atoms with Crippen molar-refractivity contribution < 1.29 is 19.0 Å². The van der Waals surface area contributed by atoms with Gasteiger partial charge in [0.2, 0.25) is 5.88 Å². The van der Waals surface area contributed by atoms with Gasteiger partial charge < -0.3 is 19.9 Å². The van der Waals surface area contributed by atoms with Crippen molar-refractivity contribution in [2.45, 2.75) is 46.3 Å². The van der Waals surface area contributed by atoms with Crippen molar-refractivity contribution >= 4 is 18.0 Å². The maximum Gasteiger partial charge on any atom is 0.331 e. The number of aliphatic imine (C=N–C) groups is 2. The van der Waals surface area contributed by atoms with E-state index in [1.807, 2.05) is 13.8 Å². The molecule has 0 saturated heterocycles. The van der Waals surface area contributed by atoms with Gasteiger partial charge in [0.25, 0.3) is 6.02 Å². The summed E-state index contributed by atoms with van der Waals surface area (Å²) in [6, 6.07) is -0.699. The first-order valence-electron chi connectivity index (χ1n) is 7.19. The molecule has 132 valence electrons. The van der Waals surface area contributed by atoms with Gasteiger partial charge in [0.05, 0.1) is 14.2 Å². The van der Waals surface area contributed by atoms with Crippen LogP contribution in [0.3, 0.4) is 0 Å².